The molecule has 3 saturated heterocycles. The lowest BCUT2D eigenvalue weighted by Crippen LogP contribution is -2.52. The number of nitrogens with one attached hydrogen (secondary N) is 2. The predicted octanol–water partition coefficient (Wildman–Crippen LogP) is 2.67. The van der Waals surface area contributed by atoms with Crippen LogP contribution < -0.4 is 10.6 Å². The summed E-state index contributed by atoms with van der Waals surface area (Å²) in [5.41, 5.74) is 0.495. The van der Waals surface area contributed by atoms with Gasteiger partial charge in [0.2, 0.25) is 17.7 Å². The minimum atomic E-state index is -0.723. The van der Waals surface area contributed by atoms with Crippen LogP contribution in [0, 0.1) is 11.8 Å². The lowest BCUT2D eigenvalue weighted by Gasteiger charge is -2.34. The van der Waals surface area contributed by atoms with Gasteiger partial charge in [-0.05, 0) is 44.7 Å². The van der Waals surface area contributed by atoms with Crippen LogP contribution in [0.25, 0.3) is 0 Å². The summed E-state index contributed by atoms with van der Waals surface area (Å²) in [6.07, 6.45) is 2.66. The molecule has 3 aliphatic heterocycles. The van der Waals surface area contributed by atoms with Crippen LogP contribution in [0.1, 0.15) is 39.5 Å². The summed E-state index contributed by atoms with van der Waals surface area (Å²) in [7, 11) is 0. The summed E-state index contributed by atoms with van der Waals surface area (Å²) in [4.78, 5) is 42.1. The summed E-state index contributed by atoms with van der Waals surface area (Å²) >= 11 is 7.89. The molecule has 3 heterocycles. The number of hydrogen-bond acceptors (Lipinski definition) is 5. The van der Waals surface area contributed by atoms with E-state index in [4.69, 9.17) is 11.6 Å². The molecule has 0 aliphatic carbocycles. The van der Waals surface area contributed by atoms with Crippen molar-refractivity contribution in [1.29, 1.82) is 0 Å². The van der Waals surface area contributed by atoms with Gasteiger partial charge < -0.3 is 20.6 Å². The zero-order valence-corrected chi connectivity index (χ0v) is 20.0. The second kappa shape index (κ2) is 8.88. The van der Waals surface area contributed by atoms with E-state index in [1.807, 2.05) is 6.92 Å². The van der Waals surface area contributed by atoms with Crippen molar-refractivity contribution in [2.24, 2.45) is 11.8 Å². The molecule has 0 saturated carbocycles. The molecule has 9 heteroatoms. The second-order valence-electron chi connectivity index (χ2n) is 9.10. The molecule has 32 heavy (non-hydrogen) atoms. The number of fused-ring (bicyclic) bond motifs is 1. The standard InChI is InChI=1S/C23H30ClN3O4S/c1-3-11-25-19(29)16-17-21(31)27(12-6-13-28)18(23(17)10-9-22(16,2)32-23)20(30)26-15-8-5-4-7-14(15)24/h4-5,7-8,16-18,28H,3,6,9-13H2,1-2H3,(H,25,29)(H,26,30)/t16-,17-,18?,22+,23?/m0/s1. The average molecular weight is 480 g/mol. The minimum Gasteiger partial charge on any atom is -0.396 e. The van der Waals surface area contributed by atoms with Gasteiger partial charge in [-0.3, -0.25) is 14.4 Å². The van der Waals surface area contributed by atoms with Crippen LogP contribution >= 0.6 is 23.4 Å². The van der Waals surface area contributed by atoms with Crippen LogP contribution in [0.5, 0.6) is 0 Å². The minimum absolute atomic E-state index is 0.0778. The molecule has 7 nitrogen and oxygen atoms in total. The van der Waals surface area contributed by atoms with E-state index in [-0.39, 0.29) is 35.6 Å². The molecule has 0 radical (unpaired) electrons. The first-order valence-electron chi connectivity index (χ1n) is 11.2. The lowest BCUT2D eigenvalue weighted by molar-refractivity contribution is -0.140. The summed E-state index contributed by atoms with van der Waals surface area (Å²) in [6, 6.07) is 6.28. The van der Waals surface area contributed by atoms with Crippen LogP contribution in [0.2, 0.25) is 5.02 Å². The van der Waals surface area contributed by atoms with Gasteiger partial charge >= 0.3 is 0 Å². The van der Waals surface area contributed by atoms with E-state index in [2.05, 4.69) is 17.6 Å². The molecule has 3 fully saturated rings. The number of carbonyl (C=O) groups excluding carboxylic acids is 3. The fraction of sp³-hybridized carbons (Fsp3) is 0.609. The number of amides is 3. The Labute approximate surface area is 197 Å². The number of para-hydroxylation sites is 1. The highest BCUT2D eigenvalue weighted by Gasteiger charge is 2.76. The highest BCUT2D eigenvalue weighted by molar-refractivity contribution is 8.02. The molecule has 3 aliphatic rings. The highest BCUT2D eigenvalue weighted by Crippen LogP contribution is 2.71. The molecule has 3 amide bonds. The number of halogens is 1. The Morgan fingerprint density at radius 3 is 2.72 bits per heavy atom. The summed E-state index contributed by atoms with van der Waals surface area (Å²) in [5.74, 6) is -1.58. The smallest absolute Gasteiger partial charge is 0.248 e. The topological polar surface area (TPSA) is 98.7 Å². The molecule has 1 aromatic carbocycles. The Balaban J connectivity index is 1.70. The second-order valence-corrected chi connectivity index (χ2v) is 11.4. The van der Waals surface area contributed by atoms with Crippen LogP contribution in [0.15, 0.2) is 24.3 Å². The van der Waals surface area contributed by atoms with Crippen molar-refractivity contribution in [2.75, 3.05) is 25.0 Å². The van der Waals surface area contributed by atoms with Crippen molar-refractivity contribution < 1.29 is 19.5 Å². The third-order valence-corrected chi connectivity index (χ3v) is 9.36. The number of rotatable bonds is 8. The Kier molecular flexibility index (Phi) is 6.49. The predicted molar refractivity (Wildman–Crippen MR) is 126 cm³/mol. The molecule has 0 aromatic heterocycles. The number of carbonyl (C=O) groups is 3. The fourth-order valence-electron chi connectivity index (χ4n) is 5.73. The summed E-state index contributed by atoms with van der Waals surface area (Å²) in [5, 5.41) is 15.7. The quantitative estimate of drug-likeness (QED) is 0.532. The molecule has 3 N–H and O–H groups in total. The monoisotopic (exact) mass is 479 g/mol. The van der Waals surface area contributed by atoms with E-state index < -0.39 is 22.6 Å². The molecule has 174 valence electrons. The van der Waals surface area contributed by atoms with Crippen LogP contribution in [-0.4, -0.2) is 63.0 Å². The summed E-state index contributed by atoms with van der Waals surface area (Å²) < 4.78 is -1.05. The third-order valence-electron chi connectivity index (χ3n) is 7.05. The van der Waals surface area contributed by atoms with Crippen LogP contribution in [0.4, 0.5) is 5.69 Å². The molecule has 2 unspecified atom stereocenters. The fourth-order valence-corrected chi connectivity index (χ4v) is 8.27. The van der Waals surface area contributed by atoms with E-state index in [9.17, 15) is 19.5 Å². The number of hydrogen-bond donors (Lipinski definition) is 3. The molecular formula is C23H30ClN3O4S. The van der Waals surface area contributed by atoms with E-state index in [0.717, 1.165) is 12.8 Å². The maximum Gasteiger partial charge on any atom is 0.248 e. The van der Waals surface area contributed by atoms with Crippen molar-refractivity contribution in [3.63, 3.8) is 0 Å². The van der Waals surface area contributed by atoms with Gasteiger partial charge in [0.1, 0.15) is 6.04 Å². The Bertz CT molecular complexity index is 930. The number of likely N-dealkylation sites (tertiary alicyclic amines) is 1. The molecule has 1 aromatic rings. The molecule has 2 bridgehead atoms. The first-order chi connectivity index (χ1) is 15.3. The number of benzene rings is 1. The van der Waals surface area contributed by atoms with Gasteiger partial charge in [0.25, 0.3) is 0 Å². The average Bonchev–Trinajstić information content (AvgIpc) is 3.33. The van der Waals surface area contributed by atoms with Crippen molar-refractivity contribution in [1.82, 2.24) is 10.2 Å². The number of aliphatic hydroxyl groups is 1. The molecule has 4 rings (SSSR count). The van der Waals surface area contributed by atoms with Gasteiger partial charge in [-0.25, -0.2) is 0 Å². The molecular weight excluding hydrogens is 450 g/mol. The highest BCUT2D eigenvalue weighted by atomic mass is 35.5. The zero-order chi connectivity index (χ0) is 23.1. The number of thioether (sulfide) groups is 1. The van der Waals surface area contributed by atoms with Crippen LogP contribution in [0.3, 0.4) is 0 Å². The van der Waals surface area contributed by atoms with Crippen molar-refractivity contribution >= 4 is 46.8 Å². The van der Waals surface area contributed by atoms with Gasteiger partial charge in [0, 0.05) is 24.4 Å². The maximum absolute atomic E-state index is 13.7. The number of nitrogens with zero attached hydrogens (tertiary/aromatic N) is 1. The van der Waals surface area contributed by atoms with Gasteiger partial charge in [-0.2, -0.15) is 0 Å². The van der Waals surface area contributed by atoms with Crippen molar-refractivity contribution in [3.8, 4) is 0 Å². The lowest BCUT2D eigenvalue weighted by atomic mass is 9.66. The summed E-state index contributed by atoms with van der Waals surface area (Å²) in [6.45, 7) is 4.80. The normalized spacial score (nSPS) is 32.8. The van der Waals surface area contributed by atoms with E-state index in [1.54, 1.807) is 40.9 Å². The Hall–Kier alpha value is -1.77. The zero-order valence-electron chi connectivity index (χ0n) is 18.4. The van der Waals surface area contributed by atoms with E-state index in [0.29, 0.717) is 30.1 Å². The van der Waals surface area contributed by atoms with Gasteiger partial charge in [-0.15, -0.1) is 11.8 Å². The van der Waals surface area contributed by atoms with Gasteiger partial charge in [-0.1, -0.05) is 30.7 Å². The Morgan fingerprint density at radius 1 is 1.28 bits per heavy atom. The third kappa shape index (κ3) is 3.60. The number of anilines is 1. The first kappa shape index (κ1) is 23.4. The number of aliphatic hydroxyl groups excluding tert-OH is 1. The van der Waals surface area contributed by atoms with E-state index >= 15 is 0 Å². The van der Waals surface area contributed by atoms with Gasteiger partial charge in [0.15, 0.2) is 0 Å². The van der Waals surface area contributed by atoms with Crippen molar-refractivity contribution in [2.45, 2.75) is 55.1 Å². The molecule has 5 atom stereocenters. The van der Waals surface area contributed by atoms with Gasteiger partial charge in [0.05, 0.1) is 27.3 Å². The maximum atomic E-state index is 13.7. The SMILES string of the molecule is CCCNC(=O)[C@@H]1[C@H]2C(=O)N(CCCO)C(C(=O)Nc3ccccc3Cl)C23CC[C@@]1(C)S3. The van der Waals surface area contributed by atoms with E-state index in [1.165, 1.54) is 0 Å². The first-order valence-corrected chi connectivity index (χ1v) is 12.4. The van der Waals surface area contributed by atoms with Crippen LogP contribution in [-0.2, 0) is 14.4 Å². The van der Waals surface area contributed by atoms with Crippen molar-refractivity contribution in [3.05, 3.63) is 29.3 Å². The largest absolute Gasteiger partial charge is 0.396 e. The molecule has 1 spiro atoms. The Morgan fingerprint density at radius 2 is 2.03 bits per heavy atom.